The van der Waals surface area contributed by atoms with Gasteiger partial charge in [0.2, 0.25) is 0 Å². The number of hydrogen-bond donors (Lipinski definition) is 1. The largest absolute Gasteiger partial charge is 0.392 e. The van der Waals surface area contributed by atoms with E-state index in [0.29, 0.717) is 0 Å². The van der Waals surface area contributed by atoms with Crippen LogP contribution in [0.25, 0.3) is 0 Å². The fourth-order valence-electron chi connectivity index (χ4n) is 5.04. The van der Waals surface area contributed by atoms with Crippen LogP contribution in [0.5, 0.6) is 0 Å². The number of aliphatic hydroxyl groups is 1. The quantitative estimate of drug-likeness (QED) is 0.748. The Kier molecular flexibility index (Phi) is 4.81. The summed E-state index contributed by atoms with van der Waals surface area (Å²) < 4.78 is 0. The van der Waals surface area contributed by atoms with Gasteiger partial charge in [0.15, 0.2) is 0 Å². The number of piperidine rings is 1. The zero-order chi connectivity index (χ0) is 17.6. The van der Waals surface area contributed by atoms with E-state index >= 15 is 0 Å². The predicted molar refractivity (Wildman–Crippen MR) is 103 cm³/mol. The third kappa shape index (κ3) is 2.90. The first kappa shape index (κ1) is 17.4. The second-order valence-electron chi connectivity index (χ2n) is 7.35. The first-order valence-electron chi connectivity index (χ1n) is 8.98. The van der Waals surface area contributed by atoms with Crippen LogP contribution < -0.4 is 0 Å². The highest BCUT2D eigenvalue weighted by molar-refractivity contribution is 6.31. The van der Waals surface area contributed by atoms with Gasteiger partial charge in [-0.25, -0.2) is 0 Å². The molecule has 4 atom stereocenters. The molecule has 2 aromatic carbocycles. The van der Waals surface area contributed by atoms with Gasteiger partial charge in [-0.15, -0.1) is 0 Å². The van der Waals surface area contributed by atoms with Gasteiger partial charge in [-0.3, -0.25) is 4.90 Å². The van der Waals surface area contributed by atoms with Crippen molar-refractivity contribution in [2.75, 3.05) is 7.05 Å². The number of fused-ring (bicyclic) bond motifs is 2. The van der Waals surface area contributed by atoms with Crippen molar-refractivity contribution in [2.24, 2.45) is 11.8 Å². The molecule has 4 unspecified atom stereocenters. The molecule has 4 rings (SSSR count). The van der Waals surface area contributed by atoms with Crippen LogP contribution in [0.3, 0.4) is 0 Å². The van der Waals surface area contributed by atoms with Crippen LogP contribution in [-0.2, 0) is 0 Å². The standard InChI is InChI=1S/C21H23Cl2NO/c1-24-19(13-7-2-4-11-17(13)22)15-9-6-10-16(21(15)25)20(24)14-8-3-5-12-18(14)23/h2-5,7-8,11-12,15-16,19-21,25H,6,9-10H2,1H3. The Morgan fingerprint density at radius 2 is 1.28 bits per heavy atom. The number of aliphatic hydroxyl groups excluding tert-OH is 1. The lowest BCUT2D eigenvalue weighted by Gasteiger charge is -2.54. The van der Waals surface area contributed by atoms with Crippen LogP contribution in [-0.4, -0.2) is 23.2 Å². The zero-order valence-electron chi connectivity index (χ0n) is 14.3. The average molecular weight is 376 g/mol. The van der Waals surface area contributed by atoms with Gasteiger partial charge in [-0.05, 0) is 43.1 Å². The van der Waals surface area contributed by atoms with Crippen molar-refractivity contribution in [3.8, 4) is 0 Å². The summed E-state index contributed by atoms with van der Waals surface area (Å²) in [5, 5.41) is 12.7. The third-order valence-electron chi connectivity index (χ3n) is 6.09. The van der Waals surface area contributed by atoms with Gasteiger partial charge in [0, 0.05) is 34.0 Å². The molecule has 2 aliphatic rings. The lowest BCUT2D eigenvalue weighted by molar-refractivity contribution is -0.112. The summed E-state index contributed by atoms with van der Waals surface area (Å²) in [7, 11) is 2.15. The molecule has 1 saturated carbocycles. The van der Waals surface area contributed by atoms with Crippen LogP contribution in [0, 0.1) is 11.8 Å². The summed E-state index contributed by atoms with van der Waals surface area (Å²) in [5.74, 6) is 0.421. The smallest absolute Gasteiger partial charge is 0.0633 e. The highest BCUT2D eigenvalue weighted by atomic mass is 35.5. The molecule has 2 fully saturated rings. The Morgan fingerprint density at radius 1 is 0.840 bits per heavy atom. The molecule has 1 saturated heterocycles. The SMILES string of the molecule is CN1C(c2ccccc2Cl)C2CCCC(C2O)C1c1ccccc1Cl. The average Bonchev–Trinajstić information content (AvgIpc) is 2.60. The Bertz CT molecular complexity index is 704. The summed E-state index contributed by atoms with van der Waals surface area (Å²) in [6.07, 6.45) is 2.88. The normalized spacial score (nSPS) is 32.6. The Labute approximate surface area is 159 Å². The molecule has 2 bridgehead atoms. The fraction of sp³-hybridized carbons (Fsp3) is 0.429. The molecule has 132 valence electrons. The molecule has 0 amide bonds. The van der Waals surface area contributed by atoms with E-state index in [9.17, 15) is 5.11 Å². The maximum Gasteiger partial charge on any atom is 0.0633 e. The molecule has 1 aliphatic carbocycles. The van der Waals surface area contributed by atoms with Crippen molar-refractivity contribution in [1.29, 1.82) is 0 Å². The molecule has 2 aromatic rings. The molecule has 1 heterocycles. The summed E-state index contributed by atoms with van der Waals surface area (Å²) in [6.45, 7) is 0. The number of benzene rings is 2. The minimum atomic E-state index is -0.326. The summed E-state index contributed by atoms with van der Waals surface area (Å²) >= 11 is 13.1. The molecule has 1 aliphatic heterocycles. The third-order valence-corrected chi connectivity index (χ3v) is 6.78. The molecular formula is C21H23Cl2NO. The zero-order valence-corrected chi connectivity index (χ0v) is 15.8. The van der Waals surface area contributed by atoms with Crippen LogP contribution in [0.2, 0.25) is 10.0 Å². The molecule has 0 aromatic heterocycles. The number of rotatable bonds is 2. The second-order valence-corrected chi connectivity index (χ2v) is 8.16. The van der Waals surface area contributed by atoms with Crippen LogP contribution in [0.4, 0.5) is 0 Å². The van der Waals surface area contributed by atoms with Crippen molar-refractivity contribution in [1.82, 2.24) is 4.90 Å². The Balaban J connectivity index is 1.83. The van der Waals surface area contributed by atoms with Gasteiger partial charge < -0.3 is 5.11 Å². The minimum absolute atomic E-state index is 0.0986. The Morgan fingerprint density at radius 3 is 1.72 bits per heavy atom. The minimum Gasteiger partial charge on any atom is -0.392 e. The van der Waals surface area contributed by atoms with Gasteiger partial charge >= 0.3 is 0 Å². The van der Waals surface area contributed by atoms with E-state index in [2.05, 4.69) is 24.1 Å². The van der Waals surface area contributed by atoms with E-state index in [4.69, 9.17) is 23.2 Å². The summed E-state index contributed by atoms with van der Waals surface area (Å²) in [6, 6.07) is 16.2. The molecule has 1 N–H and O–H groups in total. The van der Waals surface area contributed by atoms with Gasteiger partial charge in [0.05, 0.1) is 6.10 Å². The van der Waals surface area contributed by atoms with Crippen LogP contribution in [0.15, 0.2) is 48.5 Å². The lowest BCUT2D eigenvalue weighted by atomic mass is 9.65. The molecule has 4 heteroatoms. The summed E-state index contributed by atoms with van der Waals surface area (Å²) in [5.41, 5.74) is 2.21. The first-order chi connectivity index (χ1) is 12.1. The van der Waals surface area contributed by atoms with Gasteiger partial charge in [0.25, 0.3) is 0 Å². The van der Waals surface area contributed by atoms with E-state index in [0.717, 1.165) is 40.4 Å². The predicted octanol–water partition coefficient (Wildman–Crippen LogP) is 5.50. The number of halogens is 2. The van der Waals surface area contributed by atoms with Gasteiger partial charge in [-0.2, -0.15) is 0 Å². The maximum atomic E-state index is 11.1. The van der Waals surface area contributed by atoms with Crippen molar-refractivity contribution < 1.29 is 5.11 Å². The fourth-order valence-corrected chi connectivity index (χ4v) is 5.54. The number of likely N-dealkylation sites (tertiary alicyclic amines) is 1. The Hall–Kier alpha value is -1.06. The lowest BCUT2D eigenvalue weighted by Crippen LogP contribution is -2.53. The second kappa shape index (κ2) is 6.92. The van der Waals surface area contributed by atoms with Crippen LogP contribution in [0.1, 0.15) is 42.5 Å². The van der Waals surface area contributed by atoms with Gasteiger partial charge in [0.1, 0.15) is 0 Å². The molecule has 0 radical (unpaired) electrons. The number of hydrogen-bond acceptors (Lipinski definition) is 2. The molecule has 0 spiro atoms. The molecular weight excluding hydrogens is 353 g/mol. The number of nitrogens with zero attached hydrogens (tertiary/aromatic N) is 1. The molecule has 25 heavy (non-hydrogen) atoms. The highest BCUT2D eigenvalue weighted by Crippen LogP contribution is 2.54. The van der Waals surface area contributed by atoms with E-state index < -0.39 is 0 Å². The first-order valence-corrected chi connectivity index (χ1v) is 9.74. The van der Waals surface area contributed by atoms with E-state index in [1.807, 2.05) is 36.4 Å². The molecule has 2 nitrogen and oxygen atoms in total. The van der Waals surface area contributed by atoms with E-state index in [1.54, 1.807) is 0 Å². The van der Waals surface area contributed by atoms with E-state index in [-0.39, 0.29) is 30.0 Å². The van der Waals surface area contributed by atoms with Crippen molar-refractivity contribution >= 4 is 23.2 Å². The maximum absolute atomic E-state index is 11.1. The van der Waals surface area contributed by atoms with Gasteiger partial charge in [-0.1, -0.05) is 66.0 Å². The van der Waals surface area contributed by atoms with Crippen molar-refractivity contribution in [3.63, 3.8) is 0 Å². The summed E-state index contributed by atoms with van der Waals surface area (Å²) in [4.78, 5) is 2.39. The van der Waals surface area contributed by atoms with E-state index in [1.165, 1.54) is 0 Å². The van der Waals surface area contributed by atoms with Crippen molar-refractivity contribution in [2.45, 2.75) is 37.5 Å². The topological polar surface area (TPSA) is 23.5 Å². The van der Waals surface area contributed by atoms with Crippen molar-refractivity contribution in [3.05, 3.63) is 69.7 Å². The highest BCUT2D eigenvalue weighted by Gasteiger charge is 2.50. The monoisotopic (exact) mass is 375 g/mol. The van der Waals surface area contributed by atoms with Crippen LogP contribution >= 0.6 is 23.2 Å².